The zero-order chi connectivity index (χ0) is 10.6. The Morgan fingerprint density at radius 3 is 2.43 bits per heavy atom. The van der Waals surface area contributed by atoms with Crippen molar-refractivity contribution in [2.24, 2.45) is 0 Å². The van der Waals surface area contributed by atoms with E-state index in [2.05, 4.69) is 11.3 Å². The number of anilines is 1. The Labute approximate surface area is 83.5 Å². The summed E-state index contributed by atoms with van der Waals surface area (Å²) >= 11 is 0. The van der Waals surface area contributed by atoms with Crippen molar-refractivity contribution < 1.29 is 8.42 Å². The van der Waals surface area contributed by atoms with Crippen LogP contribution >= 0.6 is 0 Å². The highest BCUT2D eigenvalue weighted by molar-refractivity contribution is 7.89. The summed E-state index contributed by atoms with van der Waals surface area (Å²) in [4.78, 5) is 0.202. The van der Waals surface area contributed by atoms with Crippen molar-refractivity contribution in [2.75, 3.05) is 12.3 Å². The molecule has 14 heavy (non-hydrogen) atoms. The maximum absolute atomic E-state index is 11.5. The lowest BCUT2D eigenvalue weighted by molar-refractivity contribution is 0.585. The Balaban J connectivity index is 2.93. The summed E-state index contributed by atoms with van der Waals surface area (Å²) in [6, 6.07) is 6.01. The van der Waals surface area contributed by atoms with Crippen molar-refractivity contribution in [3.05, 3.63) is 36.9 Å². The molecular formula is C9H12N2O2S. The Morgan fingerprint density at radius 1 is 1.36 bits per heavy atom. The highest BCUT2D eigenvalue weighted by atomic mass is 32.2. The number of hydrogen-bond donors (Lipinski definition) is 2. The molecule has 1 aromatic rings. The van der Waals surface area contributed by atoms with E-state index in [-0.39, 0.29) is 11.4 Å². The van der Waals surface area contributed by atoms with Crippen molar-refractivity contribution in [2.45, 2.75) is 4.90 Å². The van der Waals surface area contributed by atoms with Crippen LogP contribution in [0, 0.1) is 0 Å². The second-order valence-corrected chi connectivity index (χ2v) is 4.48. The smallest absolute Gasteiger partial charge is 0.240 e. The normalized spacial score (nSPS) is 11.1. The molecular weight excluding hydrogens is 200 g/mol. The Morgan fingerprint density at radius 2 is 1.93 bits per heavy atom. The van der Waals surface area contributed by atoms with Gasteiger partial charge in [0.15, 0.2) is 0 Å². The fourth-order valence-electron chi connectivity index (χ4n) is 0.899. The van der Waals surface area contributed by atoms with E-state index in [1.165, 1.54) is 18.2 Å². The summed E-state index contributed by atoms with van der Waals surface area (Å²) in [5.41, 5.74) is 5.97. The van der Waals surface area contributed by atoms with Crippen molar-refractivity contribution >= 4 is 15.7 Å². The third kappa shape index (κ3) is 2.58. The van der Waals surface area contributed by atoms with E-state index < -0.39 is 10.0 Å². The molecule has 4 nitrogen and oxygen atoms in total. The average molecular weight is 212 g/mol. The second-order valence-electron chi connectivity index (χ2n) is 2.71. The first-order chi connectivity index (χ1) is 6.56. The highest BCUT2D eigenvalue weighted by Crippen LogP contribution is 2.10. The fraction of sp³-hybridized carbons (Fsp3) is 0.111. The number of nitrogen functional groups attached to an aromatic ring is 1. The van der Waals surface area contributed by atoms with Gasteiger partial charge in [0.1, 0.15) is 0 Å². The standard InChI is InChI=1S/C9H12N2O2S/c1-2-7-11-14(12,13)9-5-3-8(10)4-6-9/h2-6,11H,1,7,10H2. The van der Waals surface area contributed by atoms with Gasteiger partial charge in [-0.25, -0.2) is 13.1 Å². The molecule has 0 aliphatic carbocycles. The molecule has 1 aromatic carbocycles. The maximum Gasteiger partial charge on any atom is 0.240 e. The van der Waals surface area contributed by atoms with E-state index in [1.807, 2.05) is 0 Å². The molecule has 0 saturated heterocycles. The summed E-state index contributed by atoms with van der Waals surface area (Å²) in [5, 5.41) is 0. The molecule has 1 rings (SSSR count). The van der Waals surface area contributed by atoms with Gasteiger partial charge in [0.25, 0.3) is 0 Å². The molecule has 0 unspecified atom stereocenters. The molecule has 3 N–H and O–H groups in total. The third-order valence-corrected chi connectivity index (χ3v) is 3.05. The Hall–Kier alpha value is -1.33. The van der Waals surface area contributed by atoms with Crippen LogP contribution in [0.25, 0.3) is 0 Å². The van der Waals surface area contributed by atoms with Crippen LogP contribution in [-0.4, -0.2) is 15.0 Å². The summed E-state index contributed by atoms with van der Waals surface area (Å²) in [6.45, 7) is 3.64. The number of benzene rings is 1. The maximum atomic E-state index is 11.5. The van der Waals surface area contributed by atoms with Crippen LogP contribution in [0.4, 0.5) is 5.69 Å². The molecule has 0 fully saturated rings. The van der Waals surface area contributed by atoms with E-state index in [1.54, 1.807) is 12.1 Å². The van der Waals surface area contributed by atoms with E-state index in [0.717, 1.165) is 0 Å². The van der Waals surface area contributed by atoms with Gasteiger partial charge in [-0.15, -0.1) is 6.58 Å². The average Bonchev–Trinajstić information content (AvgIpc) is 2.16. The van der Waals surface area contributed by atoms with E-state index >= 15 is 0 Å². The van der Waals surface area contributed by atoms with Crippen LogP contribution in [-0.2, 0) is 10.0 Å². The predicted octanol–water partition coefficient (Wildman–Crippen LogP) is 0.733. The molecule has 0 saturated carbocycles. The summed E-state index contributed by atoms with van der Waals surface area (Å²) in [7, 11) is -3.42. The molecule has 0 amide bonds. The van der Waals surface area contributed by atoms with Gasteiger partial charge in [-0.2, -0.15) is 0 Å². The van der Waals surface area contributed by atoms with Gasteiger partial charge in [-0.05, 0) is 24.3 Å². The van der Waals surface area contributed by atoms with Crippen LogP contribution in [0.15, 0.2) is 41.8 Å². The van der Waals surface area contributed by atoms with Crippen molar-refractivity contribution in [1.82, 2.24) is 4.72 Å². The van der Waals surface area contributed by atoms with Gasteiger partial charge >= 0.3 is 0 Å². The van der Waals surface area contributed by atoms with Gasteiger partial charge in [0.05, 0.1) is 4.90 Å². The van der Waals surface area contributed by atoms with Crippen molar-refractivity contribution in [3.63, 3.8) is 0 Å². The minimum Gasteiger partial charge on any atom is -0.399 e. The lowest BCUT2D eigenvalue weighted by Crippen LogP contribution is -2.23. The SMILES string of the molecule is C=CCNS(=O)(=O)c1ccc(N)cc1. The minimum atomic E-state index is -3.42. The molecule has 0 aliphatic heterocycles. The monoisotopic (exact) mass is 212 g/mol. The first kappa shape index (κ1) is 10.7. The molecule has 0 atom stereocenters. The zero-order valence-electron chi connectivity index (χ0n) is 7.60. The number of nitrogens with one attached hydrogen (secondary N) is 1. The topological polar surface area (TPSA) is 72.2 Å². The molecule has 0 spiro atoms. The molecule has 0 aromatic heterocycles. The first-order valence-corrected chi connectivity index (χ1v) is 5.50. The van der Waals surface area contributed by atoms with Gasteiger partial charge in [-0.3, -0.25) is 0 Å². The predicted molar refractivity (Wildman–Crippen MR) is 56.2 cm³/mol. The van der Waals surface area contributed by atoms with Gasteiger partial charge in [0, 0.05) is 12.2 Å². The van der Waals surface area contributed by atoms with Gasteiger partial charge < -0.3 is 5.73 Å². The number of rotatable bonds is 4. The molecule has 0 radical (unpaired) electrons. The van der Waals surface area contributed by atoms with Crippen molar-refractivity contribution in [3.8, 4) is 0 Å². The quantitative estimate of drug-likeness (QED) is 0.571. The molecule has 0 heterocycles. The third-order valence-electron chi connectivity index (χ3n) is 1.61. The largest absolute Gasteiger partial charge is 0.399 e. The fourth-order valence-corrected chi connectivity index (χ4v) is 1.90. The second kappa shape index (κ2) is 4.26. The van der Waals surface area contributed by atoms with Gasteiger partial charge in [-0.1, -0.05) is 6.08 Å². The number of hydrogen-bond acceptors (Lipinski definition) is 3. The lowest BCUT2D eigenvalue weighted by atomic mass is 10.3. The summed E-state index contributed by atoms with van der Waals surface area (Å²) < 4.78 is 25.4. The molecule has 5 heteroatoms. The molecule has 76 valence electrons. The van der Waals surface area contributed by atoms with Crippen LogP contribution in [0.3, 0.4) is 0 Å². The highest BCUT2D eigenvalue weighted by Gasteiger charge is 2.11. The Kier molecular flexibility index (Phi) is 3.27. The molecule has 0 bridgehead atoms. The lowest BCUT2D eigenvalue weighted by Gasteiger charge is -2.04. The minimum absolute atomic E-state index is 0.202. The number of nitrogens with two attached hydrogens (primary N) is 1. The van der Waals surface area contributed by atoms with Crippen LogP contribution in [0.5, 0.6) is 0 Å². The number of sulfonamides is 1. The van der Waals surface area contributed by atoms with E-state index in [0.29, 0.717) is 5.69 Å². The molecule has 0 aliphatic rings. The van der Waals surface area contributed by atoms with E-state index in [4.69, 9.17) is 5.73 Å². The zero-order valence-corrected chi connectivity index (χ0v) is 8.42. The van der Waals surface area contributed by atoms with Gasteiger partial charge in [0.2, 0.25) is 10.0 Å². The Bertz CT molecular complexity index is 409. The summed E-state index contributed by atoms with van der Waals surface area (Å²) in [5.74, 6) is 0. The van der Waals surface area contributed by atoms with Crippen LogP contribution in [0.1, 0.15) is 0 Å². The van der Waals surface area contributed by atoms with E-state index in [9.17, 15) is 8.42 Å². The van der Waals surface area contributed by atoms with Crippen molar-refractivity contribution in [1.29, 1.82) is 0 Å². The van der Waals surface area contributed by atoms with Crippen LogP contribution in [0.2, 0.25) is 0 Å². The first-order valence-electron chi connectivity index (χ1n) is 4.02. The van der Waals surface area contributed by atoms with Crippen LogP contribution < -0.4 is 10.5 Å². The summed E-state index contributed by atoms with van der Waals surface area (Å²) in [6.07, 6.45) is 1.48.